The molecule has 18 heavy (non-hydrogen) atoms. The summed E-state index contributed by atoms with van der Waals surface area (Å²) in [7, 11) is 0. The number of hydrogen-bond acceptors (Lipinski definition) is 5. The Labute approximate surface area is 116 Å². The largest absolute Gasteiger partial charge is 0.375 e. The molecule has 0 spiro atoms. The second-order valence-electron chi connectivity index (χ2n) is 4.51. The first kappa shape index (κ1) is 14.4. The van der Waals surface area contributed by atoms with Crippen molar-refractivity contribution < 1.29 is 9.79 Å². The summed E-state index contributed by atoms with van der Waals surface area (Å²) in [5.41, 5.74) is 6.84. The summed E-state index contributed by atoms with van der Waals surface area (Å²) in [6, 6.07) is 0. The second kappa shape index (κ2) is 5.94. The predicted molar refractivity (Wildman–Crippen MR) is 78.6 cm³/mol. The van der Waals surface area contributed by atoms with Crippen LogP contribution in [0.1, 0.15) is 17.0 Å². The van der Waals surface area contributed by atoms with Crippen molar-refractivity contribution in [1.82, 2.24) is 9.88 Å². The van der Waals surface area contributed by atoms with Gasteiger partial charge in [-0.25, -0.2) is 4.98 Å². The van der Waals surface area contributed by atoms with Crippen LogP contribution in [0.5, 0.6) is 0 Å². The maximum atomic E-state index is 9.18. The van der Waals surface area contributed by atoms with Crippen LogP contribution in [0.25, 0.3) is 0 Å². The van der Waals surface area contributed by atoms with E-state index >= 15 is 0 Å². The summed E-state index contributed by atoms with van der Waals surface area (Å²) in [6.45, 7) is -0.218. The van der Waals surface area contributed by atoms with Gasteiger partial charge in [0, 0.05) is 30.5 Å². The lowest BCUT2D eigenvalue weighted by atomic mass is 10.2. The van der Waals surface area contributed by atoms with Gasteiger partial charge in [0.2, 0.25) is 0 Å². The van der Waals surface area contributed by atoms with Gasteiger partial charge < -0.3 is 20.4 Å². The monoisotopic (exact) mass is 307 g/mol. The number of nitrogens with zero attached hydrogens (tertiary/aromatic N) is 2. The molecule has 0 radical (unpaired) electrons. The molecular weight excluding hydrogens is 289 g/mol. The van der Waals surface area contributed by atoms with Crippen LogP contribution in [-0.2, 0) is 24.6 Å². The minimum Gasteiger partial charge on any atom is -0.375 e. The smallest absolute Gasteiger partial charge is 0.183 e. The first-order chi connectivity index (χ1) is 8.44. The van der Waals surface area contributed by atoms with Crippen molar-refractivity contribution in [2.24, 2.45) is 0 Å². The molecule has 102 valence electrons. The van der Waals surface area contributed by atoms with E-state index in [1.54, 1.807) is 11.3 Å². The lowest BCUT2D eigenvalue weighted by molar-refractivity contribution is 0.287. The zero-order valence-electron chi connectivity index (χ0n) is 10.1. The van der Waals surface area contributed by atoms with Crippen molar-refractivity contribution in [2.45, 2.75) is 19.3 Å². The van der Waals surface area contributed by atoms with E-state index in [1.165, 1.54) is 4.88 Å². The molecule has 4 N–H and O–H groups in total. The Morgan fingerprint density at radius 3 is 2.83 bits per heavy atom. The third-order valence-electron chi connectivity index (χ3n) is 3.04. The van der Waals surface area contributed by atoms with Crippen molar-refractivity contribution in [2.75, 3.05) is 31.5 Å². The van der Waals surface area contributed by atoms with Gasteiger partial charge in [-0.05, 0) is 31.2 Å². The van der Waals surface area contributed by atoms with Crippen LogP contribution < -0.4 is 5.73 Å². The van der Waals surface area contributed by atoms with Gasteiger partial charge in [-0.2, -0.15) is 0 Å². The number of fused-ring (bicyclic) bond motifs is 1. The molecule has 0 fully saturated rings. The van der Waals surface area contributed by atoms with Gasteiger partial charge in [0.05, 0.1) is 5.69 Å². The van der Waals surface area contributed by atoms with E-state index in [4.69, 9.17) is 5.73 Å². The average Bonchev–Trinajstić information content (AvgIpc) is 2.51. The number of hydrogen-bond donors (Lipinski definition) is 3. The van der Waals surface area contributed by atoms with Gasteiger partial charge >= 0.3 is 0 Å². The Hall–Kier alpha value is -0.0400. The number of rotatable bonds is 4. The lowest BCUT2D eigenvalue weighted by Gasteiger charge is -2.20. The third-order valence-corrected chi connectivity index (χ3v) is 5.47. The molecule has 5 nitrogen and oxygen atoms in total. The van der Waals surface area contributed by atoms with E-state index in [2.05, 4.69) is 21.7 Å². The minimum atomic E-state index is -3.02. The summed E-state index contributed by atoms with van der Waals surface area (Å²) in [5, 5.41) is 0.662. The summed E-state index contributed by atoms with van der Waals surface area (Å²) in [5.74, 6) is 0. The molecule has 0 bridgehead atoms. The fraction of sp³-hybridized carbons (Fsp3) is 0.700. The Balaban J connectivity index is 1.81. The first-order valence-corrected chi connectivity index (χ1v) is 9.66. The summed E-state index contributed by atoms with van der Waals surface area (Å²) >= 11 is 6.20. The highest BCUT2D eigenvalue weighted by molar-refractivity contribution is 8.09. The zero-order chi connectivity index (χ0) is 13.2. The predicted octanol–water partition coefficient (Wildman–Crippen LogP) is 0.810. The van der Waals surface area contributed by atoms with Crippen molar-refractivity contribution in [3.05, 3.63) is 10.6 Å². The molecule has 1 aliphatic rings. The van der Waals surface area contributed by atoms with E-state index in [-0.39, 0.29) is 0 Å². The van der Waals surface area contributed by atoms with E-state index in [0.717, 1.165) is 44.6 Å². The summed E-state index contributed by atoms with van der Waals surface area (Å²) < 4.78 is 0. The van der Waals surface area contributed by atoms with Crippen molar-refractivity contribution in [3.63, 3.8) is 0 Å². The molecule has 0 atom stereocenters. The van der Waals surface area contributed by atoms with Crippen LogP contribution in [0.4, 0.5) is 5.13 Å². The van der Waals surface area contributed by atoms with Gasteiger partial charge in [-0.15, -0.1) is 11.3 Å². The molecular formula is C10H18N3O2PS2. The molecule has 1 aromatic heterocycles. The van der Waals surface area contributed by atoms with Gasteiger partial charge in [0.15, 0.2) is 11.6 Å². The second-order valence-corrected chi connectivity index (χ2v) is 9.15. The Bertz CT molecular complexity index is 434. The highest BCUT2D eigenvalue weighted by Crippen LogP contribution is 2.35. The molecule has 2 rings (SSSR count). The number of aromatic nitrogens is 1. The number of nitrogen functional groups attached to an aromatic ring is 1. The molecule has 0 unspecified atom stereocenters. The van der Waals surface area contributed by atoms with Crippen molar-refractivity contribution in [1.29, 1.82) is 0 Å². The molecule has 8 heteroatoms. The topological polar surface area (TPSA) is 82.6 Å². The quantitative estimate of drug-likeness (QED) is 0.714. The van der Waals surface area contributed by atoms with Crippen molar-refractivity contribution >= 4 is 34.8 Å². The minimum absolute atomic E-state index is 0.339. The van der Waals surface area contributed by atoms with E-state index in [9.17, 15) is 9.79 Å². The average molecular weight is 307 g/mol. The van der Waals surface area contributed by atoms with Crippen molar-refractivity contribution in [3.8, 4) is 0 Å². The molecule has 0 aromatic carbocycles. The Morgan fingerprint density at radius 1 is 1.39 bits per heavy atom. The third kappa shape index (κ3) is 4.26. The maximum absolute atomic E-state index is 9.18. The number of thiazole rings is 1. The van der Waals surface area contributed by atoms with Crippen LogP contribution in [0.15, 0.2) is 0 Å². The molecule has 0 saturated carbocycles. The summed E-state index contributed by atoms with van der Waals surface area (Å²) in [6.07, 6.45) is 2.99. The van der Waals surface area contributed by atoms with Crippen LogP contribution in [0.3, 0.4) is 0 Å². The molecule has 2 heterocycles. The lowest BCUT2D eigenvalue weighted by Crippen LogP contribution is -2.28. The Kier molecular flexibility index (Phi) is 4.75. The highest BCUT2D eigenvalue weighted by Gasteiger charge is 2.17. The van der Waals surface area contributed by atoms with Crippen LogP contribution in [-0.4, -0.2) is 45.5 Å². The van der Waals surface area contributed by atoms with E-state index in [1.807, 2.05) is 0 Å². The van der Waals surface area contributed by atoms with Crippen LogP contribution >= 0.6 is 17.8 Å². The van der Waals surface area contributed by atoms with E-state index in [0.29, 0.717) is 11.3 Å². The van der Waals surface area contributed by atoms with Gasteiger partial charge in [0.25, 0.3) is 0 Å². The fourth-order valence-corrected chi connectivity index (χ4v) is 3.96. The maximum Gasteiger partial charge on any atom is 0.183 e. The van der Waals surface area contributed by atoms with E-state index < -0.39 is 6.49 Å². The zero-order valence-corrected chi connectivity index (χ0v) is 12.6. The molecule has 1 aliphatic heterocycles. The number of anilines is 1. The first-order valence-electron chi connectivity index (χ1n) is 5.95. The molecule has 0 aliphatic carbocycles. The highest BCUT2D eigenvalue weighted by atomic mass is 32.5. The van der Waals surface area contributed by atoms with Gasteiger partial charge in [-0.3, -0.25) is 0 Å². The normalized spacial score (nSPS) is 17.4. The van der Waals surface area contributed by atoms with Gasteiger partial charge in [-0.1, -0.05) is 0 Å². The van der Waals surface area contributed by atoms with Crippen LogP contribution in [0, 0.1) is 0 Å². The molecule has 0 saturated heterocycles. The standard InChI is InChI=1S/C10H18N3O2PS2/c11-10-12-8-2-5-13(6-3-9(8)18-10)4-1-7-16(14,15)17/h1-7H2,(H2,11,12)(H2,14,15,17). The summed E-state index contributed by atoms with van der Waals surface area (Å²) in [4.78, 5) is 26.3. The van der Waals surface area contributed by atoms with Gasteiger partial charge in [0.1, 0.15) is 0 Å². The molecule has 0 amide bonds. The molecule has 1 aromatic rings. The fourth-order valence-electron chi connectivity index (χ4n) is 2.15. The SMILES string of the molecule is Nc1nc2c(s1)CCN(CCCP(O)(O)=S)CC2. The number of nitrogens with two attached hydrogens (primary N) is 1. The Morgan fingerprint density at radius 2 is 2.11 bits per heavy atom. The van der Waals surface area contributed by atoms with Crippen LogP contribution in [0.2, 0.25) is 0 Å².